The Hall–Kier alpha value is -1.20. The summed E-state index contributed by atoms with van der Waals surface area (Å²) in [6.45, 7) is 4.57. The van der Waals surface area contributed by atoms with Gasteiger partial charge in [-0.25, -0.2) is 0 Å². The maximum Gasteiger partial charge on any atom is 0.387 e. The molecule has 0 saturated carbocycles. The van der Waals surface area contributed by atoms with Crippen LogP contribution in [0, 0.1) is 0 Å². The Morgan fingerprint density at radius 1 is 1.16 bits per heavy atom. The molecule has 0 fully saturated rings. The van der Waals surface area contributed by atoms with Gasteiger partial charge in [0.15, 0.2) is 0 Å². The van der Waals surface area contributed by atoms with E-state index in [0.29, 0.717) is 13.2 Å². The number of rotatable bonds is 8. The lowest BCUT2D eigenvalue weighted by Gasteiger charge is -2.20. The van der Waals surface area contributed by atoms with Crippen molar-refractivity contribution in [2.24, 2.45) is 0 Å². The Morgan fingerprint density at radius 3 is 2.32 bits per heavy atom. The van der Waals surface area contributed by atoms with Gasteiger partial charge in [-0.3, -0.25) is 0 Å². The summed E-state index contributed by atoms with van der Waals surface area (Å²) in [5.41, 5.74) is 1.02. The summed E-state index contributed by atoms with van der Waals surface area (Å²) in [4.78, 5) is 0. The van der Waals surface area contributed by atoms with Crippen molar-refractivity contribution in [2.45, 2.75) is 39.5 Å². The Kier molecular flexibility index (Phi) is 6.73. The summed E-state index contributed by atoms with van der Waals surface area (Å²) in [7, 11) is 0. The van der Waals surface area contributed by atoms with Crippen LogP contribution in [-0.2, 0) is 4.74 Å². The standard InChI is InChI=1S/C14H21F2NO2/c1-4-18-9-10(2)17-11(3)12-5-7-13(8-6-12)19-14(15)16/h5-8,10-11,14,17H,4,9H2,1-3H3. The van der Waals surface area contributed by atoms with E-state index < -0.39 is 6.61 Å². The Labute approximate surface area is 112 Å². The van der Waals surface area contributed by atoms with Crippen molar-refractivity contribution >= 4 is 0 Å². The Bertz CT molecular complexity index is 357. The highest BCUT2D eigenvalue weighted by molar-refractivity contribution is 5.29. The molecule has 108 valence electrons. The van der Waals surface area contributed by atoms with Gasteiger partial charge in [0.05, 0.1) is 6.61 Å². The molecule has 19 heavy (non-hydrogen) atoms. The van der Waals surface area contributed by atoms with Gasteiger partial charge in [-0.15, -0.1) is 0 Å². The molecular weight excluding hydrogens is 252 g/mol. The zero-order valence-electron chi connectivity index (χ0n) is 11.5. The van der Waals surface area contributed by atoms with E-state index in [-0.39, 0.29) is 17.8 Å². The molecule has 1 N–H and O–H groups in total. The quantitative estimate of drug-likeness (QED) is 0.787. The second kappa shape index (κ2) is 8.07. The van der Waals surface area contributed by atoms with Crippen molar-refractivity contribution in [2.75, 3.05) is 13.2 Å². The SMILES string of the molecule is CCOCC(C)NC(C)c1ccc(OC(F)F)cc1. The van der Waals surface area contributed by atoms with Crippen LogP contribution in [0.15, 0.2) is 24.3 Å². The van der Waals surface area contributed by atoms with Gasteiger partial charge in [0, 0.05) is 18.7 Å². The summed E-state index contributed by atoms with van der Waals surface area (Å²) in [5.74, 6) is 0.174. The average Bonchev–Trinajstić information content (AvgIpc) is 2.36. The normalized spacial score (nSPS) is 14.4. The van der Waals surface area contributed by atoms with E-state index in [9.17, 15) is 8.78 Å². The van der Waals surface area contributed by atoms with Crippen molar-refractivity contribution in [3.05, 3.63) is 29.8 Å². The van der Waals surface area contributed by atoms with Crippen LogP contribution in [0.3, 0.4) is 0 Å². The molecule has 0 amide bonds. The summed E-state index contributed by atoms with van der Waals surface area (Å²) in [5, 5.41) is 3.38. The van der Waals surface area contributed by atoms with Crippen LogP contribution in [0.2, 0.25) is 0 Å². The van der Waals surface area contributed by atoms with Gasteiger partial charge in [0.25, 0.3) is 0 Å². The smallest absolute Gasteiger partial charge is 0.387 e. The molecule has 0 aliphatic heterocycles. The molecule has 2 unspecified atom stereocenters. The summed E-state index contributed by atoms with van der Waals surface area (Å²) in [6.07, 6.45) is 0. The maximum atomic E-state index is 12.0. The van der Waals surface area contributed by atoms with Gasteiger partial charge in [-0.2, -0.15) is 8.78 Å². The van der Waals surface area contributed by atoms with Crippen molar-refractivity contribution < 1.29 is 18.3 Å². The molecular formula is C14H21F2NO2. The van der Waals surface area contributed by atoms with Gasteiger partial charge < -0.3 is 14.8 Å². The lowest BCUT2D eigenvalue weighted by Crippen LogP contribution is -2.32. The summed E-state index contributed by atoms with van der Waals surface area (Å²) < 4.78 is 33.7. The van der Waals surface area contributed by atoms with E-state index in [0.717, 1.165) is 5.56 Å². The first-order valence-electron chi connectivity index (χ1n) is 6.41. The minimum Gasteiger partial charge on any atom is -0.435 e. The molecule has 0 bridgehead atoms. The highest BCUT2D eigenvalue weighted by Gasteiger charge is 2.10. The van der Waals surface area contributed by atoms with Gasteiger partial charge in [0.1, 0.15) is 5.75 Å². The second-order valence-corrected chi connectivity index (χ2v) is 4.40. The van der Waals surface area contributed by atoms with Crippen LogP contribution >= 0.6 is 0 Å². The van der Waals surface area contributed by atoms with Gasteiger partial charge in [-0.05, 0) is 38.5 Å². The molecule has 1 aromatic rings. The fraction of sp³-hybridized carbons (Fsp3) is 0.571. The Balaban J connectivity index is 2.50. The van der Waals surface area contributed by atoms with Gasteiger partial charge in [-0.1, -0.05) is 12.1 Å². The number of hydrogen-bond acceptors (Lipinski definition) is 3. The van der Waals surface area contributed by atoms with E-state index >= 15 is 0 Å². The lowest BCUT2D eigenvalue weighted by molar-refractivity contribution is -0.0498. The molecule has 0 aromatic heterocycles. The van der Waals surface area contributed by atoms with E-state index in [1.165, 1.54) is 0 Å². The topological polar surface area (TPSA) is 30.5 Å². The molecule has 0 aliphatic rings. The number of ether oxygens (including phenoxy) is 2. The van der Waals surface area contributed by atoms with Crippen molar-refractivity contribution in [3.8, 4) is 5.75 Å². The molecule has 5 heteroatoms. The van der Waals surface area contributed by atoms with Crippen LogP contribution in [0.5, 0.6) is 5.75 Å². The largest absolute Gasteiger partial charge is 0.435 e. The Morgan fingerprint density at radius 2 is 1.79 bits per heavy atom. The number of hydrogen-bond donors (Lipinski definition) is 1. The van der Waals surface area contributed by atoms with Gasteiger partial charge >= 0.3 is 6.61 Å². The highest BCUT2D eigenvalue weighted by atomic mass is 19.3. The van der Waals surface area contributed by atoms with Crippen LogP contribution in [0.4, 0.5) is 8.78 Å². The molecule has 0 aliphatic carbocycles. The summed E-state index contributed by atoms with van der Waals surface area (Å²) in [6, 6.07) is 7.01. The third-order valence-electron chi connectivity index (χ3n) is 2.71. The summed E-state index contributed by atoms with van der Waals surface area (Å²) >= 11 is 0. The second-order valence-electron chi connectivity index (χ2n) is 4.40. The number of nitrogens with one attached hydrogen (secondary N) is 1. The molecule has 0 spiro atoms. The molecule has 1 aromatic carbocycles. The number of benzene rings is 1. The maximum absolute atomic E-state index is 12.0. The molecule has 1 rings (SSSR count). The molecule has 2 atom stereocenters. The van der Waals surface area contributed by atoms with Crippen LogP contribution in [0.25, 0.3) is 0 Å². The zero-order valence-corrected chi connectivity index (χ0v) is 11.5. The van der Waals surface area contributed by atoms with Crippen molar-refractivity contribution in [3.63, 3.8) is 0 Å². The minimum absolute atomic E-state index is 0.121. The fourth-order valence-electron chi connectivity index (χ4n) is 1.80. The first kappa shape index (κ1) is 15.9. The van der Waals surface area contributed by atoms with E-state index in [2.05, 4.69) is 10.1 Å². The van der Waals surface area contributed by atoms with Crippen LogP contribution in [0.1, 0.15) is 32.4 Å². The van der Waals surface area contributed by atoms with E-state index in [4.69, 9.17) is 4.74 Å². The average molecular weight is 273 g/mol. The molecule has 0 saturated heterocycles. The highest BCUT2D eigenvalue weighted by Crippen LogP contribution is 2.19. The first-order valence-corrected chi connectivity index (χ1v) is 6.41. The molecule has 0 radical (unpaired) electrons. The predicted octanol–water partition coefficient (Wildman–Crippen LogP) is 3.36. The van der Waals surface area contributed by atoms with Crippen molar-refractivity contribution in [1.82, 2.24) is 5.32 Å². The van der Waals surface area contributed by atoms with E-state index in [1.54, 1.807) is 24.3 Å². The third-order valence-corrected chi connectivity index (χ3v) is 2.71. The first-order chi connectivity index (χ1) is 9.02. The third kappa shape index (κ3) is 5.98. The predicted molar refractivity (Wildman–Crippen MR) is 70.6 cm³/mol. The zero-order chi connectivity index (χ0) is 14.3. The number of alkyl halides is 2. The van der Waals surface area contributed by atoms with Crippen molar-refractivity contribution in [1.29, 1.82) is 0 Å². The molecule has 3 nitrogen and oxygen atoms in total. The van der Waals surface area contributed by atoms with Crippen LogP contribution in [-0.4, -0.2) is 25.9 Å². The van der Waals surface area contributed by atoms with Gasteiger partial charge in [0.2, 0.25) is 0 Å². The number of halogens is 2. The van der Waals surface area contributed by atoms with E-state index in [1.807, 2.05) is 20.8 Å². The fourth-order valence-corrected chi connectivity index (χ4v) is 1.80. The minimum atomic E-state index is -2.78. The molecule has 0 heterocycles. The van der Waals surface area contributed by atoms with Crippen LogP contribution < -0.4 is 10.1 Å². The monoisotopic (exact) mass is 273 g/mol. The lowest BCUT2D eigenvalue weighted by atomic mass is 10.1.